The maximum atomic E-state index is 12.0. The number of aldehydes is 1. The van der Waals surface area contributed by atoms with Crippen molar-refractivity contribution >= 4 is 51.6 Å². The highest BCUT2D eigenvalue weighted by atomic mass is 32.1. The molecule has 1 aliphatic heterocycles. The Morgan fingerprint density at radius 2 is 1.80 bits per heavy atom. The van der Waals surface area contributed by atoms with Gasteiger partial charge in [0.1, 0.15) is 29.4 Å². The van der Waals surface area contributed by atoms with Gasteiger partial charge < -0.3 is 28.4 Å². The zero-order chi connectivity index (χ0) is 25.7. The first-order chi connectivity index (χ1) is 16.6. The molecule has 0 amide bonds. The van der Waals surface area contributed by atoms with Crippen LogP contribution in [0.3, 0.4) is 0 Å². The van der Waals surface area contributed by atoms with Crippen molar-refractivity contribution in [3.63, 3.8) is 0 Å². The number of hydrogen-bond acceptors (Lipinski definition) is 12. The number of esters is 4. The number of carbonyl (C=O) groups is 5. The number of carbonyl (C=O) groups excluding carboxylic acids is 5. The minimum Gasteiger partial charge on any atom is -0.465 e. The first-order valence-corrected chi connectivity index (χ1v) is 11.3. The fourth-order valence-electron chi connectivity index (χ4n) is 3.63. The molecule has 0 spiro atoms. The molecule has 1 saturated heterocycles. The summed E-state index contributed by atoms with van der Waals surface area (Å²) in [4.78, 5) is 58.6. The van der Waals surface area contributed by atoms with E-state index in [0.29, 0.717) is 27.7 Å². The van der Waals surface area contributed by atoms with Crippen molar-refractivity contribution in [1.29, 1.82) is 0 Å². The predicted molar refractivity (Wildman–Crippen MR) is 120 cm³/mol. The van der Waals surface area contributed by atoms with E-state index in [1.54, 1.807) is 6.07 Å². The molecular weight excluding hydrogens is 484 g/mol. The summed E-state index contributed by atoms with van der Waals surface area (Å²) in [6.45, 7) is 3.33. The van der Waals surface area contributed by atoms with E-state index in [2.05, 4.69) is 0 Å². The van der Waals surface area contributed by atoms with Crippen LogP contribution in [0.2, 0.25) is 0 Å². The van der Waals surface area contributed by atoms with Crippen molar-refractivity contribution in [2.45, 2.75) is 51.8 Å². The van der Waals surface area contributed by atoms with Gasteiger partial charge in [-0.15, -0.1) is 11.3 Å². The summed E-state index contributed by atoms with van der Waals surface area (Å²) >= 11 is 1.07. The normalized spacial score (nSPS) is 21.6. The number of benzene rings is 1. The molecule has 4 atom stereocenters. The van der Waals surface area contributed by atoms with Crippen LogP contribution in [-0.4, -0.2) is 68.5 Å². The zero-order valence-corrected chi connectivity index (χ0v) is 20.2. The molecule has 1 fully saturated rings. The largest absolute Gasteiger partial charge is 0.465 e. The molecule has 0 unspecified atom stereocenters. The van der Waals surface area contributed by atoms with Crippen LogP contribution in [0, 0.1) is 0 Å². The lowest BCUT2D eigenvalue weighted by atomic mass is 10.0. The van der Waals surface area contributed by atoms with Gasteiger partial charge in [0.2, 0.25) is 6.29 Å². The fourth-order valence-corrected chi connectivity index (χ4v) is 4.70. The number of hydrogen-bond donors (Lipinski definition) is 0. The summed E-state index contributed by atoms with van der Waals surface area (Å²) in [7, 11) is 1.25. The van der Waals surface area contributed by atoms with E-state index >= 15 is 0 Å². The standard InChI is InChI=1S/C23H24O11S/c1-11(25)30-10-18-21(32-13(3)27)17(31-12(2)26)8-20(34-18)33-16-6-5-14(9-24)15-7-19(23(28)29-4)35-22(15)16/h5-7,9,17-18,20-21H,8,10H2,1-4H3/t17-,18-,20-,21-/m1/s1. The second-order valence-electron chi connectivity index (χ2n) is 7.60. The van der Waals surface area contributed by atoms with Crippen LogP contribution in [0.15, 0.2) is 18.2 Å². The van der Waals surface area contributed by atoms with Gasteiger partial charge in [-0.1, -0.05) is 0 Å². The fraction of sp³-hybridized carbons (Fsp3) is 0.435. The lowest BCUT2D eigenvalue weighted by Gasteiger charge is -2.39. The molecule has 35 heavy (non-hydrogen) atoms. The summed E-state index contributed by atoms with van der Waals surface area (Å²) in [6, 6.07) is 4.61. The lowest BCUT2D eigenvalue weighted by Crippen LogP contribution is -2.54. The Balaban J connectivity index is 1.94. The Morgan fingerprint density at radius 1 is 1.09 bits per heavy atom. The first kappa shape index (κ1) is 26.1. The van der Waals surface area contributed by atoms with Crippen molar-refractivity contribution in [3.05, 3.63) is 28.6 Å². The van der Waals surface area contributed by atoms with E-state index in [4.69, 9.17) is 28.4 Å². The van der Waals surface area contributed by atoms with Crippen LogP contribution in [0.1, 0.15) is 47.2 Å². The Bertz CT molecular complexity index is 1140. The molecule has 1 aliphatic rings. The van der Waals surface area contributed by atoms with Gasteiger partial charge in [0.15, 0.2) is 12.4 Å². The summed E-state index contributed by atoms with van der Waals surface area (Å²) < 4.78 is 33.0. The third-order valence-corrected chi connectivity index (χ3v) is 6.14. The summed E-state index contributed by atoms with van der Waals surface area (Å²) in [5, 5.41) is 0.490. The SMILES string of the molecule is COC(=O)c1cc2c(C=O)ccc(O[C@H]3C[C@@H](OC(C)=O)[C@@H](OC(C)=O)[C@@H](COC(C)=O)O3)c2s1. The molecule has 3 rings (SSSR count). The van der Waals surface area contributed by atoms with Gasteiger partial charge in [-0.25, -0.2) is 4.79 Å². The maximum absolute atomic E-state index is 12.0. The van der Waals surface area contributed by atoms with Crippen molar-refractivity contribution in [2.24, 2.45) is 0 Å². The molecule has 188 valence electrons. The quantitative estimate of drug-likeness (QED) is 0.295. The van der Waals surface area contributed by atoms with Gasteiger partial charge in [-0.05, 0) is 18.2 Å². The van der Waals surface area contributed by atoms with Crippen molar-refractivity contribution in [3.8, 4) is 5.75 Å². The molecule has 2 aromatic rings. The van der Waals surface area contributed by atoms with E-state index < -0.39 is 48.5 Å². The molecule has 2 heterocycles. The van der Waals surface area contributed by atoms with Gasteiger partial charge in [0.05, 0.1) is 18.2 Å². The Morgan fingerprint density at radius 3 is 2.40 bits per heavy atom. The third-order valence-electron chi connectivity index (χ3n) is 5.01. The predicted octanol–water partition coefficient (Wildman–Crippen LogP) is 2.42. The summed E-state index contributed by atoms with van der Waals surface area (Å²) in [6.07, 6.45) is -3.35. The van der Waals surface area contributed by atoms with Gasteiger partial charge in [-0.3, -0.25) is 19.2 Å². The number of methoxy groups -OCH3 is 1. The number of fused-ring (bicyclic) bond motifs is 1. The second-order valence-corrected chi connectivity index (χ2v) is 8.65. The molecule has 0 bridgehead atoms. The van der Waals surface area contributed by atoms with Crippen molar-refractivity contribution in [2.75, 3.05) is 13.7 Å². The second kappa shape index (κ2) is 11.3. The smallest absolute Gasteiger partial charge is 0.348 e. The van der Waals surface area contributed by atoms with Crippen LogP contribution in [0.4, 0.5) is 0 Å². The average Bonchev–Trinajstić information content (AvgIpc) is 3.24. The van der Waals surface area contributed by atoms with E-state index in [0.717, 1.165) is 11.3 Å². The maximum Gasteiger partial charge on any atom is 0.348 e. The minimum absolute atomic E-state index is 0.0136. The number of rotatable bonds is 8. The molecule has 0 saturated carbocycles. The Hall–Kier alpha value is -3.51. The van der Waals surface area contributed by atoms with Gasteiger partial charge in [-0.2, -0.15) is 0 Å². The van der Waals surface area contributed by atoms with E-state index in [9.17, 15) is 24.0 Å². The topological polar surface area (TPSA) is 141 Å². The monoisotopic (exact) mass is 508 g/mol. The van der Waals surface area contributed by atoms with Gasteiger partial charge in [0.25, 0.3) is 0 Å². The summed E-state index contributed by atoms with van der Waals surface area (Å²) in [5.74, 6) is -2.10. The minimum atomic E-state index is -1.04. The van der Waals surface area contributed by atoms with Crippen LogP contribution in [-0.2, 0) is 38.1 Å². The molecule has 12 heteroatoms. The molecule has 1 aromatic carbocycles. The number of ether oxygens (including phenoxy) is 6. The van der Waals surface area contributed by atoms with Crippen LogP contribution < -0.4 is 4.74 Å². The highest BCUT2D eigenvalue weighted by molar-refractivity contribution is 7.21. The molecule has 0 radical (unpaired) electrons. The number of thiophene rings is 1. The molecule has 1 aromatic heterocycles. The highest BCUT2D eigenvalue weighted by Gasteiger charge is 2.44. The third kappa shape index (κ3) is 6.34. The summed E-state index contributed by atoms with van der Waals surface area (Å²) in [5.41, 5.74) is 0.351. The van der Waals surface area contributed by atoms with Crippen molar-refractivity contribution in [1.82, 2.24) is 0 Å². The Kier molecular flexibility index (Phi) is 8.41. The molecule has 0 N–H and O–H groups in total. The Labute approximate surface area is 204 Å². The zero-order valence-electron chi connectivity index (χ0n) is 19.4. The van der Waals surface area contributed by atoms with Crippen LogP contribution in [0.5, 0.6) is 5.75 Å². The van der Waals surface area contributed by atoms with Crippen molar-refractivity contribution < 1.29 is 52.4 Å². The van der Waals surface area contributed by atoms with Gasteiger partial charge in [0, 0.05) is 31.7 Å². The van der Waals surface area contributed by atoms with Crippen LogP contribution >= 0.6 is 11.3 Å². The molecule has 0 aliphatic carbocycles. The molecular formula is C23H24O11S. The highest BCUT2D eigenvalue weighted by Crippen LogP contribution is 2.38. The lowest BCUT2D eigenvalue weighted by molar-refractivity contribution is -0.245. The molecule has 11 nitrogen and oxygen atoms in total. The van der Waals surface area contributed by atoms with Gasteiger partial charge >= 0.3 is 23.9 Å². The first-order valence-electron chi connectivity index (χ1n) is 10.5. The van der Waals surface area contributed by atoms with E-state index in [1.807, 2.05) is 0 Å². The van der Waals surface area contributed by atoms with Crippen LogP contribution in [0.25, 0.3) is 10.1 Å². The van der Waals surface area contributed by atoms with E-state index in [1.165, 1.54) is 40.0 Å². The van der Waals surface area contributed by atoms with E-state index in [-0.39, 0.29) is 17.9 Å². The average molecular weight is 509 g/mol.